The lowest BCUT2D eigenvalue weighted by Crippen LogP contribution is -2.36. The summed E-state index contributed by atoms with van der Waals surface area (Å²) in [5.41, 5.74) is 5.96. The zero-order chi connectivity index (χ0) is 14.0. The summed E-state index contributed by atoms with van der Waals surface area (Å²) >= 11 is 0. The predicted molar refractivity (Wildman–Crippen MR) is 75.4 cm³/mol. The summed E-state index contributed by atoms with van der Waals surface area (Å²) in [5.74, 6) is 0.395. The minimum absolute atomic E-state index is 0.126. The molecule has 1 aliphatic rings. The van der Waals surface area contributed by atoms with Gasteiger partial charge in [0.1, 0.15) is 5.82 Å². The van der Waals surface area contributed by atoms with Crippen LogP contribution in [0.15, 0.2) is 12.3 Å². The van der Waals surface area contributed by atoms with E-state index in [0.717, 1.165) is 12.8 Å². The van der Waals surface area contributed by atoms with Gasteiger partial charge in [0.2, 0.25) is 0 Å². The summed E-state index contributed by atoms with van der Waals surface area (Å²) in [6.45, 7) is 2.26. The van der Waals surface area contributed by atoms with E-state index < -0.39 is 5.97 Å². The Bertz CT molecular complexity index is 476. The van der Waals surface area contributed by atoms with Gasteiger partial charge in [-0.3, -0.25) is 0 Å². The van der Waals surface area contributed by atoms with Gasteiger partial charge in [-0.05, 0) is 24.8 Å². The zero-order valence-electron chi connectivity index (χ0n) is 11.5. The number of pyridine rings is 1. The molecule has 1 fully saturated rings. The molecule has 3 N–H and O–H groups in total. The minimum atomic E-state index is -1.01. The van der Waals surface area contributed by atoms with Crippen molar-refractivity contribution in [2.75, 3.05) is 17.7 Å². The van der Waals surface area contributed by atoms with E-state index in [0.29, 0.717) is 17.8 Å². The number of anilines is 2. The third-order valence-electron chi connectivity index (χ3n) is 3.97. The SMILES string of the molecule is CC1CCCC(N(C)c2cc(C(=O)O)c(N)cn2)C1. The molecule has 5 heteroatoms. The molecule has 5 nitrogen and oxygen atoms in total. The maximum absolute atomic E-state index is 11.1. The Morgan fingerprint density at radius 3 is 2.89 bits per heavy atom. The molecular formula is C14H21N3O2. The lowest BCUT2D eigenvalue weighted by Gasteiger charge is -2.35. The van der Waals surface area contributed by atoms with Gasteiger partial charge in [-0.25, -0.2) is 9.78 Å². The lowest BCUT2D eigenvalue weighted by molar-refractivity contribution is 0.0698. The van der Waals surface area contributed by atoms with E-state index in [2.05, 4.69) is 16.8 Å². The minimum Gasteiger partial charge on any atom is -0.478 e. The standard InChI is InChI=1S/C14H21N3O2/c1-9-4-3-5-10(6-9)17(2)13-7-11(14(18)19)12(15)8-16-13/h7-10H,3-6,15H2,1-2H3,(H,18,19). The third kappa shape index (κ3) is 2.97. The molecule has 1 heterocycles. The number of nitrogens with zero attached hydrogens (tertiary/aromatic N) is 2. The number of carboxylic acids is 1. The molecule has 0 amide bonds. The molecule has 1 saturated carbocycles. The van der Waals surface area contributed by atoms with Crippen LogP contribution >= 0.6 is 0 Å². The molecule has 0 spiro atoms. The van der Waals surface area contributed by atoms with Crippen LogP contribution < -0.4 is 10.6 Å². The maximum atomic E-state index is 11.1. The topological polar surface area (TPSA) is 79.5 Å². The van der Waals surface area contributed by atoms with Crippen molar-refractivity contribution in [3.63, 3.8) is 0 Å². The molecule has 104 valence electrons. The lowest BCUT2D eigenvalue weighted by atomic mass is 9.86. The molecule has 0 bridgehead atoms. The number of rotatable bonds is 3. The molecule has 19 heavy (non-hydrogen) atoms. The molecule has 2 rings (SSSR count). The number of carboxylic acid groups (broad SMARTS) is 1. The van der Waals surface area contributed by atoms with Crippen LogP contribution in [0.3, 0.4) is 0 Å². The van der Waals surface area contributed by atoms with Gasteiger partial charge in [0.05, 0.1) is 17.4 Å². The molecule has 0 aliphatic heterocycles. The van der Waals surface area contributed by atoms with E-state index in [9.17, 15) is 4.79 Å². The Hall–Kier alpha value is -1.78. The number of hydrogen-bond donors (Lipinski definition) is 2. The first-order valence-electron chi connectivity index (χ1n) is 6.70. The van der Waals surface area contributed by atoms with Crippen molar-refractivity contribution in [1.29, 1.82) is 0 Å². The van der Waals surface area contributed by atoms with Crippen molar-refractivity contribution in [1.82, 2.24) is 4.98 Å². The van der Waals surface area contributed by atoms with E-state index in [-0.39, 0.29) is 11.3 Å². The summed E-state index contributed by atoms with van der Waals surface area (Å²) in [5, 5.41) is 9.10. The first-order chi connectivity index (χ1) is 8.99. The second-order valence-corrected chi connectivity index (χ2v) is 5.47. The van der Waals surface area contributed by atoms with Crippen LogP contribution in [0.5, 0.6) is 0 Å². The van der Waals surface area contributed by atoms with Crippen molar-refractivity contribution < 1.29 is 9.90 Å². The highest BCUT2D eigenvalue weighted by Gasteiger charge is 2.24. The first kappa shape index (κ1) is 13.6. The molecule has 2 unspecified atom stereocenters. The Balaban J connectivity index is 2.21. The van der Waals surface area contributed by atoms with Crippen molar-refractivity contribution in [3.8, 4) is 0 Å². The second-order valence-electron chi connectivity index (χ2n) is 5.47. The highest BCUT2D eigenvalue weighted by atomic mass is 16.4. The van der Waals surface area contributed by atoms with Gasteiger partial charge >= 0.3 is 5.97 Å². The van der Waals surface area contributed by atoms with Crippen LogP contribution in [0.4, 0.5) is 11.5 Å². The average Bonchev–Trinajstić information content (AvgIpc) is 2.38. The Morgan fingerprint density at radius 2 is 2.26 bits per heavy atom. The maximum Gasteiger partial charge on any atom is 0.337 e. The summed E-state index contributed by atoms with van der Waals surface area (Å²) in [6.07, 6.45) is 6.19. The van der Waals surface area contributed by atoms with E-state index in [1.165, 1.54) is 19.0 Å². The molecule has 0 saturated heterocycles. The Morgan fingerprint density at radius 1 is 1.53 bits per heavy atom. The molecule has 0 radical (unpaired) electrons. The number of hydrogen-bond acceptors (Lipinski definition) is 4. The van der Waals surface area contributed by atoms with Crippen LogP contribution in [0.2, 0.25) is 0 Å². The van der Waals surface area contributed by atoms with Crippen LogP contribution in [-0.4, -0.2) is 29.1 Å². The van der Waals surface area contributed by atoms with Gasteiger partial charge in [-0.2, -0.15) is 0 Å². The number of nitrogen functional groups attached to an aromatic ring is 1. The zero-order valence-corrected chi connectivity index (χ0v) is 11.5. The fourth-order valence-electron chi connectivity index (χ4n) is 2.77. The molecular weight excluding hydrogens is 242 g/mol. The normalized spacial score (nSPS) is 23.1. The quantitative estimate of drug-likeness (QED) is 0.875. The summed E-state index contributed by atoms with van der Waals surface area (Å²) in [7, 11) is 1.98. The van der Waals surface area contributed by atoms with Gasteiger partial charge in [-0.1, -0.05) is 19.8 Å². The number of carbonyl (C=O) groups is 1. The fourth-order valence-corrected chi connectivity index (χ4v) is 2.77. The Kier molecular flexibility index (Phi) is 3.93. The highest BCUT2D eigenvalue weighted by Crippen LogP contribution is 2.29. The molecule has 1 aliphatic carbocycles. The van der Waals surface area contributed by atoms with Gasteiger partial charge in [0.15, 0.2) is 0 Å². The first-order valence-corrected chi connectivity index (χ1v) is 6.70. The van der Waals surface area contributed by atoms with Crippen LogP contribution in [0.1, 0.15) is 43.0 Å². The molecule has 0 aromatic carbocycles. The predicted octanol–water partition coefficient (Wildman–Crippen LogP) is 2.38. The van der Waals surface area contributed by atoms with Crippen LogP contribution in [0.25, 0.3) is 0 Å². The van der Waals surface area contributed by atoms with Crippen molar-refractivity contribution in [2.24, 2.45) is 5.92 Å². The number of aromatic nitrogens is 1. The van der Waals surface area contributed by atoms with Gasteiger partial charge in [0.25, 0.3) is 0 Å². The van der Waals surface area contributed by atoms with Gasteiger partial charge < -0.3 is 15.7 Å². The number of aromatic carboxylic acids is 1. The van der Waals surface area contributed by atoms with Crippen molar-refractivity contribution >= 4 is 17.5 Å². The van der Waals surface area contributed by atoms with Gasteiger partial charge in [0, 0.05) is 13.1 Å². The van der Waals surface area contributed by atoms with Crippen molar-refractivity contribution in [2.45, 2.75) is 38.6 Å². The monoisotopic (exact) mass is 263 g/mol. The van der Waals surface area contributed by atoms with Crippen molar-refractivity contribution in [3.05, 3.63) is 17.8 Å². The molecule has 1 aromatic heterocycles. The fraction of sp³-hybridized carbons (Fsp3) is 0.571. The summed E-state index contributed by atoms with van der Waals surface area (Å²) < 4.78 is 0. The van der Waals surface area contributed by atoms with E-state index >= 15 is 0 Å². The second kappa shape index (κ2) is 5.47. The summed E-state index contributed by atoms with van der Waals surface area (Å²) in [6, 6.07) is 2.00. The largest absolute Gasteiger partial charge is 0.478 e. The number of nitrogens with two attached hydrogens (primary N) is 1. The summed E-state index contributed by atoms with van der Waals surface area (Å²) in [4.78, 5) is 17.4. The molecule has 2 atom stereocenters. The van der Waals surface area contributed by atoms with Crippen LogP contribution in [0, 0.1) is 5.92 Å². The molecule has 1 aromatic rings. The van der Waals surface area contributed by atoms with Crippen LogP contribution in [-0.2, 0) is 0 Å². The smallest absolute Gasteiger partial charge is 0.337 e. The van der Waals surface area contributed by atoms with E-state index in [4.69, 9.17) is 10.8 Å². The third-order valence-corrected chi connectivity index (χ3v) is 3.97. The van der Waals surface area contributed by atoms with E-state index in [1.54, 1.807) is 6.07 Å². The highest BCUT2D eigenvalue weighted by molar-refractivity contribution is 5.94. The Labute approximate surface area is 113 Å². The van der Waals surface area contributed by atoms with Gasteiger partial charge in [-0.15, -0.1) is 0 Å². The van der Waals surface area contributed by atoms with E-state index in [1.807, 2.05) is 7.05 Å². The average molecular weight is 263 g/mol.